The van der Waals surface area contributed by atoms with Crippen LogP contribution >= 0.6 is 22.9 Å². The fraction of sp³-hybridized carbons (Fsp3) is 0.200. The molecule has 1 aliphatic rings. The monoisotopic (exact) mass is 399 g/mol. The van der Waals surface area contributed by atoms with E-state index in [1.54, 1.807) is 28.5 Å². The van der Waals surface area contributed by atoms with Crippen molar-refractivity contribution in [1.29, 1.82) is 0 Å². The van der Waals surface area contributed by atoms with Gasteiger partial charge in [-0.15, -0.1) is 11.3 Å². The highest BCUT2D eigenvalue weighted by Crippen LogP contribution is 2.24. The van der Waals surface area contributed by atoms with Gasteiger partial charge in [0.1, 0.15) is 16.9 Å². The van der Waals surface area contributed by atoms with Crippen LogP contribution in [0.25, 0.3) is 10.6 Å². The molecule has 1 saturated heterocycles. The average Bonchev–Trinajstić information content (AvgIpc) is 3.34. The lowest BCUT2D eigenvalue weighted by atomic mass is 10.2. The summed E-state index contributed by atoms with van der Waals surface area (Å²) in [5, 5.41) is 6.49. The van der Waals surface area contributed by atoms with Crippen molar-refractivity contribution in [2.24, 2.45) is 0 Å². The molecular formula is C20H18ClN3O2S. The number of nitrogens with zero attached hydrogens (tertiary/aromatic N) is 2. The molecule has 3 aromatic rings. The second kappa shape index (κ2) is 7.98. The Morgan fingerprint density at radius 2 is 2.11 bits per heavy atom. The summed E-state index contributed by atoms with van der Waals surface area (Å²) in [7, 11) is 0. The fourth-order valence-corrected chi connectivity index (χ4v) is 3.83. The molecule has 0 radical (unpaired) electrons. The van der Waals surface area contributed by atoms with Crippen LogP contribution in [-0.2, 0) is 0 Å². The topological polar surface area (TPSA) is 54.5 Å². The largest absolute Gasteiger partial charge is 0.488 e. The number of ether oxygens (including phenoxy) is 1. The Labute approximate surface area is 166 Å². The van der Waals surface area contributed by atoms with Crippen molar-refractivity contribution in [2.75, 3.05) is 18.4 Å². The number of carbonyl (C=O) groups excluding carboxylic acids is 1. The Hall–Kier alpha value is -2.57. The lowest BCUT2D eigenvalue weighted by Crippen LogP contribution is -2.34. The molecule has 2 heterocycles. The highest BCUT2D eigenvalue weighted by molar-refractivity contribution is 7.13. The Morgan fingerprint density at radius 3 is 2.85 bits per heavy atom. The number of hydrogen-bond acceptors (Lipinski definition) is 4. The molecule has 0 bridgehead atoms. The molecule has 2 amide bonds. The molecule has 1 aliphatic heterocycles. The number of aromatic nitrogens is 1. The molecule has 1 aromatic heterocycles. The highest BCUT2D eigenvalue weighted by atomic mass is 35.5. The summed E-state index contributed by atoms with van der Waals surface area (Å²) in [6, 6.07) is 14.9. The first-order valence-electron chi connectivity index (χ1n) is 8.65. The SMILES string of the molecule is O=C(Nc1ccc(-c2nccs2)cc1)N1CC[C@H](Oc2cccc(Cl)c2)C1. The smallest absolute Gasteiger partial charge is 0.321 e. The molecule has 27 heavy (non-hydrogen) atoms. The quantitative estimate of drug-likeness (QED) is 0.660. The molecular weight excluding hydrogens is 382 g/mol. The lowest BCUT2D eigenvalue weighted by molar-refractivity contribution is 0.195. The first kappa shape index (κ1) is 17.8. The van der Waals surface area contributed by atoms with Gasteiger partial charge in [-0.2, -0.15) is 0 Å². The molecule has 138 valence electrons. The van der Waals surface area contributed by atoms with Crippen LogP contribution in [0.4, 0.5) is 10.5 Å². The minimum Gasteiger partial charge on any atom is -0.488 e. The van der Waals surface area contributed by atoms with Gasteiger partial charge in [-0.3, -0.25) is 0 Å². The molecule has 0 unspecified atom stereocenters. The molecule has 1 atom stereocenters. The zero-order chi connectivity index (χ0) is 18.6. The molecule has 5 nitrogen and oxygen atoms in total. The second-order valence-electron chi connectivity index (χ2n) is 6.28. The Morgan fingerprint density at radius 1 is 1.26 bits per heavy atom. The van der Waals surface area contributed by atoms with Gasteiger partial charge in [0.2, 0.25) is 0 Å². The summed E-state index contributed by atoms with van der Waals surface area (Å²) in [6.07, 6.45) is 2.55. The van der Waals surface area contributed by atoms with Gasteiger partial charge in [-0.05, 0) is 42.5 Å². The fourth-order valence-electron chi connectivity index (χ4n) is 3.01. The van der Waals surface area contributed by atoms with Crippen LogP contribution < -0.4 is 10.1 Å². The highest BCUT2D eigenvalue weighted by Gasteiger charge is 2.27. The number of thiazole rings is 1. The van der Waals surface area contributed by atoms with Crippen molar-refractivity contribution < 1.29 is 9.53 Å². The molecule has 0 saturated carbocycles. The number of halogens is 1. The van der Waals surface area contributed by atoms with Crippen molar-refractivity contribution in [3.05, 3.63) is 65.1 Å². The van der Waals surface area contributed by atoms with Crippen LogP contribution in [0.15, 0.2) is 60.1 Å². The number of rotatable bonds is 4. The molecule has 1 fully saturated rings. The summed E-state index contributed by atoms with van der Waals surface area (Å²) < 4.78 is 5.93. The van der Waals surface area contributed by atoms with E-state index in [0.717, 1.165) is 28.4 Å². The normalized spacial score (nSPS) is 16.3. The van der Waals surface area contributed by atoms with E-state index in [-0.39, 0.29) is 12.1 Å². The van der Waals surface area contributed by atoms with Crippen molar-refractivity contribution in [1.82, 2.24) is 9.88 Å². The van der Waals surface area contributed by atoms with Crippen LogP contribution in [0, 0.1) is 0 Å². The maximum absolute atomic E-state index is 12.5. The summed E-state index contributed by atoms with van der Waals surface area (Å²) >= 11 is 7.57. The Kier molecular flexibility index (Phi) is 5.27. The number of urea groups is 1. The number of benzene rings is 2. The molecule has 1 N–H and O–H groups in total. The van der Waals surface area contributed by atoms with Gasteiger partial charge in [0.05, 0.1) is 6.54 Å². The van der Waals surface area contributed by atoms with Crippen LogP contribution in [0.2, 0.25) is 5.02 Å². The Balaban J connectivity index is 1.32. The molecule has 0 aliphatic carbocycles. The van der Waals surface area contributed by atoms with Gasteiger partial charge < -0.3 is 15.0 Å². The molecule has 4 rings (SSSR count). The van der Waals surface area contributed by atoms with Gasteiger partial charge in [-0.1, -0.05) is 17.7 Å². The number of likely N-dealkylation sites (tertiary alicyclic amines) is 1. The van der Waals surface area contributed by atoms with E-state index >= 15 is 0 Å². The van der Waals surface area contributed by atoms with E-state index in [1.807, 2.05) is 47.8 Å². The minimum absolute atomic E-state index is 0.0264. The first-order chi connectivity index (χ1) is 13.2. The molecule has 0 spiro atoms. The number of carbonyl (C=O) groups is 1. The van der Waals surface area contributed by atoms with E-state index in [4.69, 9.17) is 16.3 Å². The second-order valence-corrected chi connectivity index (χ2v) is 7.61. The predicted molar refractivity (Wildman–Crippen MR) is 109 cm³/mol. The van der Waals surface area contributed by atoms with Crippen molar-refractivity contribution in [3.8, 4) is 16.3 Å². The van der Waals surface area contributed by atoms with Gasteiger partial charge in [0, 0.05) is 40.8 Å². The van der Waals surface area contributed by atoms with Crippen molar-refractivity contribution in [2.45, 2.75) is 12.5 Å². The van der Waals surface area contributed by atoms with E-state index in [0.29, 0.717) is 18.1 Å². The van der Waals surface area contributed by atoms with Gasteiger partial charge in [0.15, 0.2) is 0 Å². The van der Waals surface area contributed by atoms with Crippen LogP contribution in [0.3, 0.4) is 0 Å². The van der Waals surface area contributed by atoms with E-state index in [1.165, 1.54) is 0 Å². The number of amides is 2. The zero-order valence-electron chi connectivity index (χ0n) is 14.5. The van der Waals surface area contributed by atoms with Crippen LogP contribution in [-0.4, -0.2) is 35.1 Å². The van der Waals surface area contributed by atoms with E-state index in [9.17, 15) is 4.79 Å². The number of nitrogens with one attached hydrogen (secondary N) is 1. The third kappa shape index (κ3) is 4.40. The summed E-state index contributed by atoms with van der Waals surface area (Å²) in [4.78, 5) is 18.6. The molecule has 7 heteroatoms. The summed E-state index contributed by atoms with van der Waals surface area (Å²) in [5.41, 5.74) is 1.80. The van der Waals surface area contributed by atoms with E-state index < -0.39 is 0 Å². The van der Waals surface area contributed by atoms with Gasteiger partial charge in [0.25, 0.3) is 0 Å². The van der Waals surface area contributed by atoms with Gasteiger partial charge >= 0.3 is 6.03 Å². The number of anilines is 1. The zero-order valence-corrected chi connectivity index (χ0v) is 16.0. The van der Waals surface area contributed by atoms with Gasteiger partial charge in [-0.25, -0.2) is 9.78 Å². The van der Waals surface area contributed by atoms with Crippen molar-refractivity contribution >= 4 is 34.7 Å². The van der Waals surface area contributed by atoms with Crippen LogP contribution in [0.5, 0.6) is 5.75 Å². The maximum Gasteiger partial charge on any atom is 0.321 e. The van der Waals surface area contributed by atoms with Crippen molar-refractivity contribution in [3.63, 3.8) is 0 Å². The van der Waals surface area contributed by atoms with Crippen LogP contribution in [0.1, 0.15) is 6.42 Å². The lowest BCUT2D eigenvalue weighted by Gasteiger charge is -2.18. The third-order valence-electron chi connectivity index (χ3n) is 4.35. The first-order valence-corrected chi connectivity index (χ1v) is 9.91. The minimum atomic E-state index is -0.116. The summed E-state index contributed by atoms with van der Waals surface area (Å²) in [5.74, 6) is 0.729. The predicted octanol–water partition coefficient (Wildman–Crippen LogP) is 5.15. The standard InChI is InChI=1S/C20H18ClN3O2S/c21-15-2-1-3-17(12-15)26-18-8-10-24(13-18)20(25)23-16-6-4-14(5-7-16)19-22-9-11-27-19/h1-7,9,11-12,18H,8,10,13H2,(H,23,25)/t18-/m0/s1. The maximum atomic E-state index is 12.5. The average molecular weight is 400 g/mol. The molecule has 2 aromatic carbocycles. The summed E-state index contributed by atoms with van der Waals surface area (Å²) in [6.45, 7) is 1.21. The number of hydrogen-bond donors (Lipinski definition) is 1. The van der Waals surface area contributed by atoms with E-state index in [2.05, 4.69) is 10.3 Å². The Bertz CT molecular complexity index is 915. The third-order valence-corrected chi connectivity index (χ3v) is 5.40.